The van der Waals surface area contributed by atoms with Crippen LogP contribution in [0.15, 0.2) is 75.9 Å². The van der Waals surface area contributed by atoms with E-state index in [1.807, 2.05) is 35.3 Å². The Morgan fingerprint density at radius 1 is 1.28 bits per heavy atom. The summed E-state index contributed by atoms with van der Waals surface area (Å²) in [4.78, 5) is 18.0. The molecule has 0 aliphatic heterocycles. The Morgan fingerprint density at radius 3 is 2.79 bits per heavy atom. The first-order chi connectivity index (χ1) is 14.1. The molecule has 1 amide bonds. The lowest BCUT2D eigenvalue weighted by molar-refractivity contribution is 0.0914. The van der Waals surface area contributed by atoms with Crippen molar-refractivity contribution in [2.45, 2.75) is 17.0 Å². The second-order valence-corrected chi connectivity index (χ2v) is 8.27. The Bertz CT molecular complexity index is 1090. The maximum Gasteiger partial charge on any atom is 0.287 e. The first kappa shape index (κ1) is 19.5. The van der Waals surface area contributed by atoms with Crippen molar-refractivity contribution >= 4 is 29.0 Å². The summed E-state index contributed by atoms with van der Waals surface area (Å²) < 4.78 is 21.0. The van der Waals surface area contributed by atoms with E-state index < -0.39 is 0 Å². The van der Waals surface area contributed by atoms with E-state index in [2.05, 4.69) is 10.3 Å². The number of furan rings is 1. The van der Waals surface area contributed by atoms with Gasteiger partial charge in [0, 0.05) is 24.3 Å². The molecule has 1 N–H and O–H groups in total. The third-order valence-electron chi connectivity index (χ3n) is 4.31. The maximum atomic E-state index is 13.3. The number of halogens is 1. The average Bonchev–Trinajstić information content (AvgIpc) is 3.47. The van der Waals surface area contributed by atoms with Crippen LogP contribution in [0.4, 0.5) is 4.39 Å². The van der Waals surface area contributed by atoms with Crippen LogP contribution in [-0.2, 0) is 12.8 Å². The van der Waals surface area contributed by atoms with Crippen LogP contribution in [0.3, 0.4) is 0 Å². The van der Waals surface area contributed by atoms with Gasteiger partial charge in [-0.05, 0) is 41.3 Å². The molecule has 0 spiro atoms. The quantitative estimate of drug-likeness (QED) is 0.421. The molecule has 4 aromatic rings. The van der Waals surface area contributed by atoms with Crippen LogP contribution < -0.4 is 5.32 Å². The number of imidazole rings is 1. The molecule has 0 aliphatic carbocycles. The van der Waals surface area contributed by atoms with Crippen molar-refractivity contribution in [3.63, 3.8) is 0 Å². The summed E-state index contributed by atoms with van der Waals surface area (Å²) in [7, 11) is 1.93. The minimum Gasteiger partial charge on any atom is -0.455 e. The number of carbonyl (C=O) groups excluding carboxylic acids is 1. The number of benzene rings is 1. The largest absolute Gasteiger partial charge is 0.455 e. The van der Waals surface area contributed by atoms with Crippen molar-refractivity contribution in [2.24, 2.45) is 7.05 Å². The molecule has 29 heavy (non-hydrogen) atoms. The zero-order chi connectivity index (χ0) is 20.2. The number of thiophene rings is 1. The maximum absolute atomic E-state index is 13.3. The van der Waals surface area contributed by atoms with Gasteiger partial charge in [0.2, 0.25) is 0 Å². The smallest absolute Gasteiger partial charge is 0.287 e. The first-order valence-electron chi connectivity index (χ1n) is 8.89. The van der Waals surface area contributed by atoms with Crippen LogP contribution >= 0.6 is 23.1 Å². The van der Waals surface area contributed by atoms with E-state index in [9.17, 15) is 9.18 Å². The van der Waals surface area contributed by atoms with Gasteiger partial charge in [-0.3, -0.25) is 4.79 Å². The molecule has 8 heteroatoms. The molecule has 0 radical (unpaired) electrons. The van der Waals surface area contributed by atoms with Gasteiger partial charge in [0.05, 0.1) is 11.8 Å². The number of amides is 1. The summed E-state index contributed by atoms with van der Waals surface area (Å²) in [5.41, 5.74) is 0.805. The molecular weight excluding hydrogens is 409 g/mol. The van der Waals surface area contributed by atoms with Gasteiger partial charge in [-0.2, -0.15) is 0 Å². The normalized spacial score (nSPS) is 12.1. The predicted molar refractivity (Wildman–Crippen MR) is 112 cm³/mol. The van der Waals surface area contributed by atoms with E-state index in [1.54, 1.807) is 30.5 Å². The Balaban J connectivity index is 1.47. The molecule has 1 aromatic carbocycles. The summed E-state index contributed by atoms with van der Waals surface area (Å²) in [6, 6.07) is 13.1. The Morgan fingerprint density at radius 2 is 2.10 bits per heavy atom. The topological polar surface area (TPSA) is 60.1 Å². The third-order valence-corrected chi connectivity index (χ3v) is 6.33. The van der Waals surface area contributed by atoms with Crippen LogP contribution in [-0.4, -0.2) is 15.5 Å². The van der Waals surface area contributed by atoms with Gasteiger partial charge in [0.25, 0.3) is 5.91 Å². The summed E-state index contributed by atoms with van der Waals surface area (Å²) in [5, 5.41) is 5.81. The highest BCUT2D eigenvalue weighted by Gasteiger charge is 2.21. The SMILES string of the molecule is Cn1ccnc1SCc1ccc(C(=O)N[C@@H](c2ccc(F)cc2)c2cccs2)o1. The lowest BCUT2D eigenvalue weighted by Crippen LogP contribution is -2.28. The highest BCUT2D eigenvalue weighted by Crippen LogP contribution is 2.27. The minimum absolute atomic E-state index is 0.240. The fraction of sp³-hybridized carbons (Fsp3) is 0.143. The van der Waals surface area contributed by atoms with Gasteiger partial charge in [0.1, 0.15) is 11.6 Å². The zero-order valence-electron chi connectivity index (χ0n) is 15.5. The molecule has 3 aromatic heterocycles. The number of carbonyl (C=O) groups is 1. The van der Waals surface area contributed by atoms with Crippen LogP contribution in [0.1, 0.15) is 32.8 Å². The fourth-order valence-corrected chi connectivity index (χ4v) is 4.46. The number of hydrogen-bond donors (Lipinski definition) is 1. The number of aryl methyl sites for hydroxylation is 1. The van der Waals surface area contributed by atoms with Crippen LogP contribution in [0.5, 0.6) is 0 Å². The van der Waals surface area contributed by atoms with E-state index in [0.29, 0.717) is 11.5 Å². The van der Waals surface area contributed by atoms with E-state index in [1.165, 1.54) is 35.2 Å². The highest BCUT2D eigenvalue weighted by atomic mass is 32.2. The number of nitrogens with one attached hydrogen (secondary N) is 1. The van der Waals surface area contributed by atoms with Crippen molar-refractivity contribution < 1.29 is 13.6 Å². The zero-order valence-corrected chi connectivity index (χ0v) is 17.2. The molecule has 4 rings (SSSR count). The Labute approximate surface area is 175 Å². The lowest BCUT2D eigenvalue weighted by Gasteiger charge is -2.17. The predicted octanol–water partition coefficient (Wildman–Crippen LogP) is 5.03. The van der Waals surface area contributed by atoms with E-state index >= 15 is 0 Å². The molecule has 0 saturated heterocycles. The molecule has 0 fully saturated rings. The summed E-state index contributed by atoms with van der Waals surface area (Å²) >= 11 is 3.06. The van der Waals surface area contributed by atoms with Crippen molar-refractivity contribution in [2.75, 3.05) is 0 Å². The molecule has 3 heterocycles. The molecule has 0 bridgehead atoms. The van der Waals surface area contributed by atoms with Crippen molar-refractivity contribution in [3.8, 4) is 0 Å². The molecule has 1 atom stereocenters. The molecule has 0 aliphatic rings. The molecule has 148 valence electrons. The third kappa shape index (κ3) is 4.60. The molecule has 0 unspecified atom stereocenters. The summed E-state index contributed by atoms with van der Waals surface area (Å²) in [6.07, 6.45) is 3.62. The van der Waals surface area contributed by atoms with Gasteiger partial charge >= 0.3 is 0 Å². The first-order valence-corrected chi connectivity index (χ1v) is 10.8. The number of aromatic nitrogens is 2. The average molecular weight is 428 g/mol. The van der Waals surface area contributed by atoms with E-state index in [-0.39, 0.29) is 23.5 Å². The minimum atomic E-state index is -0.376. The molecule has 0 saturated carbocycles. The van der Waals surface area contributed by atoms with Gasteiger partial charge in [-0.25, -0.2) is 9.37 Å². The fourth-order valence-electron chi connectivity index (χ4n) is 2.84. The summed E-state index contributed by atoms with van der Waals surface area (Å²) in [6.45, 7) is 0. The number of hydrogen-bond acceptors (Lipinski definition) is 5. The lowest BCUT2D eigenvalue weighted by atomic mass is 10.1. The van der Waals surface area contributed by atoms with E-state index in [4.69, 9.17) is 4.42 Å². The second kappa shape index (κ2) is 8.67. The number of thioether (sulfide) groups is 1. The Kier molecular flexibility index (Phi) is 5.82. The second-order valence-electron chi connectivity index (χ2n) is 6.35. The van der Waals surface area contributed by atoms with Gasteiger partial charge in [-0.1, -0.05) is 30.0 Å². The van der Waals surface area contributed by atoms with Crippen LogP contribution in [0.25, 0.3) is 0 Å². The number of nitrogens with zero attached hydrogens (tertiary/aromatic N) is 2. The van der Waals surface area contributed by atoms with Crippen LogP contribution in [0.2, 0.25) is 0 Å². The molecular formula is C21H18FN3O2S2. The van der Waals surface area contributed by atoms with Crippen molar-refractivity contribution in [3.05, 3.63) is 94.1 Å². The van der Waals surface area contributed by atoms with Crippen molar-refractivity contribution in [1.82, 2.24) is 14.9 Å². The number of rotatable bonds is 7. The van der Waals surface area contributed by atoms with Gasteiger partial charge in [0.15, 0.2) is 10.9 Å². The molecule has 5 nitrogen and oxygen atoms in total. The summed E-state index contributed by atoms with van der Waals surface area (Å²) in [5.74, 6) is 0.873. The standard InChI is InChI=1S/C21H18FN3O2S2/c1-25-11-10-23-21(25)29-13-16-8-9-17(27-16)20(26)24-19(18-3-2-12-28-18)14-4-6-15(22)7-5-14/h2-12,19H,13H2,1H3,(H,24,26)/t19-/m0/s1. The van der Waals surface area contributed by atoms with E-state index in [0.717, 1.165) is 15.6 Å². The monoisotopic (exact) mass is 427 g/mol. The van der Waals surface area contributed by atoms with Gasteiger partial charge < -0.3 is 14.3 Å². The van der Waals surface area contributed by atoms with Gasteiger partial charge in [-0.15, -0.1) is 11.3 Å². The van der Waals surface area contributed by atoms with Crippen molar-refractivity contribution in [1.29, 1.82) is 0 Å². The highest BCUT2D eigenvalue weighted by molar-refractivity contribution is 7.98. The van der Waals surface area contributed by atoms with Crippen LogP contribution in [0, 0.1) is 5.82 Å². The Hall–Kier alpha value is -2.84.